The van der Waals surface area contributed by atoms with E-state index in [9.17, 15) is 18.0 Å². The number of hydrogen-bond acceptors (Lipinski definition) is 4. The first-order valence-electron chi connectivity index (χ1n) is 9.59. The van der Waals surface area contributed by atoms with Gasteiger partial charge in [-0.3, -0.25) is 9.69 Å². The molecule has 1 aliphatic heterocycles. The molecule has 1 aliphatic rings. The van der Waals surface area contributed by atoms with Crippen LogP contribution in [0.3, 0.4) is 0 Å². The third-order valence-corrected chi connectivity index (χ3v) is 5.20. The third kappa shape index (κ3) is 5.65. The van der Waals surface area contributed by atoms with Gasteiger partial charge < -0.3 is 15.4 Å². The van der Waals surface area contributed by atoms with Gasteiger partial charge >= 0.3 is 6.18 Å². The average molecular weight is 442 g/mol. The fourth-order valence-corrected chi connectivity index (χ4v) is 3.51. The molecule has 0 aromatic heterocycles. The number of carbonyl (C=O) groups excluding carboxylic acids is 1. The van der Waals surface area contributed by atoms with Crippen LogP contribution in [-0.2, 0) is 6.18 Å². The number of amides is 1. The summed E-state index contributed by atoms with van der Waals surface area (Å²) in [4.78, 5) is 15.1. The molecule has 0 bridgehead atoms. The van der Waals surface area contributed by atoms with Crippen LogP contribution in [0.25, 0.3) is 0 Å². The lowest BCUT2D eigenvalue weighted by Gasteiger charge is -2.27. The summed E-state index contributed by atoms with van der Waals surface area (Å²) in [6.45, 7) is 6.61. The summed E-state index contributed by atoms with van der Waals surface area (Å²) in [7, 11) is 0. The second-order valence-electron chi connectivity index (χ2n) is 7.03. The van der Waals surface area contributed by atoms with E-state index in [-0.39, 0.29) is 5.69 Å². The van der Waals surface area contributed by atoms with Crippen molar-refractivity contribution in [3.05, 3.63) is 58.1 Å². The van der Waals surface area contributed by atoms with Gasteiger partial charge in [-0.1, -0.05) is 23.7 Å². The van der Waals surface area contributed by atoms with Crippen molar-refractivity contribution < 1.29 is 22.7 Å². The highest BCUT2D eigenvalue weighted by molar-refractivity contribution is 6.31. The van der Waals surface area contributed by atoms with Gasteiger partial charge in [0.05, 0.1) is 16.1 Å². The number of halogens is 4. The number of anilines is 1. The Morgan fingerprint density at radius 3 is 2.67 bits per heavy atom. The molecule has 30 heavy (non-hydrogen) atoms. The molecule has 0 spiro atoms. The van der Waals surface area contributed by atoms with Crippen molar-refractivity contribution in [1.82, 2.24) is 10.2 Å². The van der Waals surface area contributed by atoms with Gasteiger partial charge in [0.25, 0.3) is 5.91 Å². The van der Waals surface area contributed by atoms with Gasteiger partial charge in [-0.05, 0) is 36.8 Å². The SMILES string of the molecule is Cc1cccc(OCCN2CCNCC2)c1C(=O)Nc1ccc(Cl)c(C(F)(F)F)c1. The predicted octanol–water partition coefficient (Wildman–Crippen LogP) is 4.20. The molecular formula is C21H23ClF3N3O2. The summed E-state index contributed by atoms with van der Waals surface area (Å²) in [6.07, 6.45) is -4.61. The van der Waals surface area contributed by atoms with Crippen molar-refractivity contribution >= 4 is 23.2 Å². The maximum atomic E-state index is 13.1. The highest BCUT2D eigenvalue weighted by atomic mass is 35.5. The van der Waals surface area contributed by atoms with Crippen LogP contribution in [0, 0.1) is 6.92 Å². The van der Waals surface area contributed by atoms with E-state index in [1.807, 2.05) is 0 Å². The number of benzene rings is 2. The van der Waals surface area contributed by atoms with Crippen LogP contribution >= 0.6 is 11.6 Å². The fourth-order valence-electron chi connectivity index (χ4n) is 3.29. The first-order valence-corrected chi connectivity index (χ1v) is 9.97. The maximum Gasteiger partial charge on any atom is 0.417 e. The molecule has 162 valence electrons. The quantitative estimate of drug-likeness (QED) is 0.705. The molecule has 1 heterocycles. The van der Waals surface area contributed by atoms with Crippen molar-refractivity contribution in [2.75, 3.05) is 44.6 Å². The number of nitrogens with one attached hydrogen (secondary N) is 2. The highest BCUT2D eigenvalue weighted by Gasteiger charge is 2.33. The third-order valence-electron chi connectivity index (χ3n) is 4.87. The summed E-state index contributed by atoms with van der Waals surface area (Å²) in [5.41, 5.74) is -0.0375. The smallest absolute Gasteiger partial charge is 0.417 e. The van der Waals surface area contributed by atoms with Gasteiger partial charge in [0.15, 0.2) is 0 Å². The van der Waals surface area contributed by atoms with Crippen molar-refractivity contribution in [3.8, 4) is 5.75 Å². The molecule has 1 saturated heterocycles. The lowest BCUT2D eigenvalue weighted by Crippen LogP contribution is -2.44. The van der Waals surface area contributed by atoms with Crippen molar-refractivity contribution in [2.45, 2.75) is 13.1 Å². The van der Waals surface area contributed by atoms with E-state index in [0.717, 1.165) is 44.9 Å². The summed E-state index contributed by atoms with van der Waals surface area (Å²) in [5.74, 6) is -0.145. The van der Waals surface area contributed by atoms with E-state index < -0.39 is 22.7 Å². The molecule has 0 saturated carbocycles. The monoisotopic (exact) mass is 441 g/mol. The van der Waals surface area contributed by atoms with Crippen molar-refractivity contribution in [1.29, 1.82) is 0 Å². The van der Waals surface area contributed by atoms with E-state index in [0.29, 0.717) is 23.5 Å². The zero-order valence-corrected chi connectivity index (χ0v) is 17.2. The van der Waals surface area contributed by atoms with Crippen LogP contribution in [0.15, 0.2) is 36.4 Å². The lowest BCUT2D eigenvalue weighted by molar-refractivity contribution is -0.137. The van der Waals surface area contributed by atoms with E-state index in [2.05, 4.69) is 15.5 Å². The van der Waals surface area contributed by atoms with Gasteiger partial charge in [-0.25, -0.2) is 0 Å². The summed E-state index contributed by atoms with van der Waals surface area (Å²) in [5, 5.41) is 5.38. The van der Waals surface area contributed by atoms with Crippen molar-refractivity contribution in [2.24, 2.45) is 0 Å². The highest BCUT2D eigenvalue weighted by Crippen LogP contribution is 2.36. The number of carbonyl (C=O) groups is 1. The van der Waals surface area contributed by atoms with E-state index in [4.69, 9.17) is 16.3 Å². The Bertz CT molecular complexity index is 900. The largest absolute Gasteiger partial charge is 0.491 e. The van der Waals surface area contributed by atoms with Crippen LogP contribution in [0.2, 0.25) is 5.02 Å². The number of aryl methyl sites for hydroxylation is 1. The second kappa shape index (κ2) is 9.68. The first kappa shape index (κ1) is 22.4. The number of piperazine rings is 1. The zero-order chi connectivity index (χ0) is 21.7. The van der Waals surface area contributed by atoms with Gasteiger partial charge in [0.1, 0.15) is 12.4 Å². The van der Waals surface area contributed by atoms with Crippen LogP contribution in [-0.4, -0.2) is 50.1 Å². The molecule has 1 amide bonds. The standard InChI is InChI=1S/C21H23ClF3N3O2/c1-14-3-2-4-18(30-12-11-28-9-7-26-8-10-28)19(14)20(29)27-15-5-6-17(22)16(13-15)21(23,24)25/h2-6,13,26H,7-12H2,1H3,(H,27,29). The number of alkyl halides is 3. The fraction of sp³-hybridized carbons (Fsp3) is 0.381. The Morgan fingerprint density at radius 1 is 1.23 bits per heavy atom. The molecule has 2 N–H and O–H groups in total. The Hall–Kier alpha value is -2.29. The molecule has 3 rings (SSSR count). The van der Waals surface area contributed by atoms with Crippen LogP contribution in [0.4, 0.5) is 18.9 Å². The summed E-state index contributed by atoms with van der Waals surface area (Å²) in [6, 6.07) is 8.48. The average Bonchev–Trinajstić information content (AvgIpc) is 2.69. The first-order chi connectivity index (χ1) is 14.3. The van der Waals surface area contributed by atoms with Crippen molar-refractivity contribution in [3.63, 3.8) is 0 Å². The molecule has 2 aromatic rings. The molecule has 9 heteroatoms. The topological polar surface area (TPSA) is 53.6 Å². The number of nitrogens with zero attached hydrogens (tertiary/aromatic N) is 1. The van der Waals surface area contributed by atoms with Crippen LogP contribution in [0.1, 0.15) is 21.5 Å². The van der Waals surface area contributed by atoms with Crippen LogP contribution < -0.4 is 15.4 Å². The van der Waals surface area contributed by atoms with Gasteiger partial charge in [-0.15, -0.1) is 0 Å². The van der Waals surface area contributed by atoms with Crippen LogP contribution in [0.5, 0.6) is 5.75 Å². The molecule has 0 unspecified atom stereocenters. The zero-order valence-electron chi connectivity index (χ0n) is 16.5. The number of hydrogen-bond donors (Lipinski definition) is 2. The summed E-state index contributed by atoms with van der Waals surface area (Å²) < 4.78 is 45.1. The molecule has 2 aromatic carbocycles. The lowest BCUT2D eigenvalue weighted by atomic mass is 10.1. The number of rotatable bonds is 6. The molecule has 0 atom stereocenters. The van der Waals surface area contributed by atoms with E-state index in [1.54, 1.807) is 25.1 Å². The minimum atomic E-state index is -4.61. The van der Waals surface area contributed by atoms with Gasteiger partial charge in [0.2, 0.25) is 0 Å². The predicted molar refractivity (Wildman–Crippen MR) is 110 cm³/mol. The summed E-state index contributed by atoms with van der Waals surface area (Å²) >= 11 is 5.65. The molecule has 1 fully saturated rings. The Morgan fingerprint density at radius 2 is 1.97 bits per heavy atom. The second-order valence-corrected chi connectivity index (χ2v) is 7.44. The normalized spacial score (nSPS) is 15.1. The minimum absolute atomic E-state index is 0.00625. The Balaban J connectivity index is 1.72. The van der Waals surface area contributed by atoms with E-state index >= 15 is 0 Å². The van der Waals surface area contributed by atoms with E-state index in [1.165, 1.54) is 6.07 Å². The minimum Gasteiger partial charge on any atom is -0.491 e. The Kier molecular flexibility index (Phi) is 7.23. The van der Waals surface area contributed by atoms with Gasteiger partial charge in [0, 0.05) is 38.4 Å². The number of ether oxygens (including phenoxy) is 1. The molecular weight excluding hydrogens is 419 g/mol. The van der Waals surface area contributed by atoms with Gasteiger partial charge in [-0.2, -0.15) is 13.2 Å². The molecule has 0 aliphatic carbocycles. The molecule has 0 radical (unpaired) electrons. The Labute approximate surface area is 178 Å². The maximum absolute atomic E-state index is 13.1. The molecule has 5 nitrogen and oxygen atoms in total.